The smallest absolute Gasteiger partial charge is 0.271 e. The van der Waals surface area contributed by atoms with Gasteiger partial charge in [0.2, 0.25) is 5.09 Å². The van der Waals surface area contributed by atoms with Gasteiger partial charge in [0.05, 0.1) is 11.1 Å². The van der Waals surface area contributed by atoms with E-state index in [2.05, 4.69) is 17.2 Å². The first kappa shape index (κ1) is 14.3. The SMILES string of the molecule is CSC(C)NCc1cc2oc(S(N)(=O)=O)cc2cn1. The first-order chi connectivity index (χ1) is 8.90. The van der Waals surface area contributed by atoms with Crippen LogP contribution in [0.1, 0.15) is 12.6 Å². The van der Waals surface area contributed by atoms with Crippen LogP contribution in [0.25, 0.3) is 11.0 Å². The van der Waals surface area contributed by atoms with E-state index in [1.54, 1.807) is 24.0 Å². The fourth-order valence-electron chi connectivity index (χ4n) is 1.52. The number of primary sulfonamides is 1. The Kier molecular flexibility index (Phi) is 4.14. The van der Waals surface area contributed by atoms with E-state index in [1.807, 2.05) is 6.26 Å². The van der Waals surface area contributed by atoms with E-state index >= 15 is 0 Å². The molecule has 2 heterocycles. The number of nitrogens with one attached hydrogen (secondary N) is 1. The molecular weight excluding hydrogens is 286 g/mol. The van der Waals surface area contributed by atoms with Crippen molar-refractivity contribution in [1.29, 1.82) is 0 Å². The van der Waals surface area contributed by atoms with Gasteiger partial charge in [0, 0.05) is 30.3 Å². The zero-order valence-electron chi connectivity index (χ0n) is 10.6. The number of sulfonamides is 1. The van der Waals surface area contributed by atoms with E-state index in [0.717, 1.165) is 5.69 Å². The minimum absolute atomic E-state index is 0.244. The van der Waals surface area contributed by atoms with Crippen LogP contribution in [0, 0.1) is 0 Å². The molecule has 2 rings (SSSR count). The van der Waals surface area contributed by atoms with Crippen molar-refractivity contribution >= 4 is 32.8 Å². The molecule has 1 atom stereocenters. The van der Waals surface area contributed by atoms with Crippen LogP contribution in [0.2, 0.25) is 0 Å². The molecule has 0 aliphatic heterocycles. The van der Waals surface area contributed by atoms with Crippen LogP contribution in [0.15, 0.2) is 27.8 Å². The Balaban J connectivity index is 2.26. The molecule has 0 amide bonds. The van der Waals surface area contributed by atoms with Crippen LogP contribution in [0.4, 0.5) is 0 Å². The second-order valence-corrected chi connectivity index (χ2v) is 6.75. The molecule has 0 fully saturated rings. The lowest BCUT2D eigenvalue weighted by molar-refractivity contribution is 0.482. The molecule has 6 nitrogen and oxygen atoms in total. The van der Waals surface area contributed by atoms with Crippen LogP contribution < -0.4 is 10.5 Å². The van der Waals surface area contributed by atoms with Gasteiger partial charge in [-0.05, 0) is 13.2 Å². The summed E-state index contributed by atoms with van der Waals surface area (Å²) in [5, 5.41) is 8.97. The highest BCUT2D eigenvalue weighted by atomic mass is 32.2. The highest BCUT2D eigenvalue weighted by Crippen LogP contribution is 2.21. The molecule has 0 radical (unpaired) electrons. The summed E-state index contributed by atoms with van der Waals surface area (Å²) in [6, 6.07) is 3.09. The van der Waals surface area contributed by atoms with E-state index in [4.69, 9.17) is 9.56 Å². The number of nitrogens with zero attached hydrogens (tertiary/aromatic N) is 1. The summed E-state index contributed by atoms with van der Waals surface area (Å²) in [5.74, 6) is 0. The third-order valence-electron chi connectivity index (χ3n) is 2.64. The highest BCUT2D eigenvalue weighted by molar-refractivity contribution is 7.99. The summed E-state index contributed by atoms with van der Waals surface area (Å²) >= 11 is 1.70. The minimum Gasteiger partial charge on any atom is -0.443 e. The van der Waals surface area contributed by atoms with Gasteiger partial charge in [0.1, 0.15) is 5.58 Å². The summed E-state index contributed by atoms with van der Waals surface area (Å²) in [7, 11) is -3.82. The van der Waals surface area contributed by atoms with Crippen molar-refractivity contribution in [3.63, 3.8) is 0 Å². The molecule has 0 saturated carbocycles. The highest BCUT2D eigenvalue weighted by Gasteiger charge is 2.15. The Morgan fingerprint density at radius 3 is 2.89 bits per heavy atom. The summed E-state index contributed by atoms with van der Waals surface area (Å²) in [5.41, 5.74) is 1.25. The largest absolute Gasteiger partial charge is 0.443 e. The van der Waals surface area contributed by atoms with Crippen molar-refractivity contribution in [2.75, 3.05) is 6.26 Å². The van der Waals surface area contributed by atoms with Gasteiger partial charge in [-0.25, -0.2) is 13.6 Å². The van der Waals surface area contributed by atoms with E-state index in [9.17, 15) is 8.42 Å². The first-order valence-corrected chi connectivity index (χ1v) is 8.41. The fraction of sp³-hybridized carbons (Fsp3) is 0.364. The Hall–Kier alpha value is -1.09. The van der Waals surface area contributed by atoms with Crippen molar-refractivity contribution in [2.24, 2.45) is 5.14 Å². The molecule has 2 aromatic rings. The zero-order chi connectivity index (χ0) is 14.0. The van der Waals surface area contributed by atoms with Crippen molar-refractivity contribution in [1.82, 2.24) is 10.3 Å². The molecule has 19 heavy (non-hydrogen) atoms. The minimum atomic E-state index is -3.82. The number of furan rings is 1. The molecule has 0 aliphatic rings. The summed E-state index contributed by atoms with van der Waals surface area (Å²) in [6.45, 7) is 2.64. The second-order valence-electron chi connectivity index (χ2n) is 4.08. The van der Waals surface area contributed by atoms with Crippen molar-refractivity contribution in [2.45, 2.75) is 23.9 Å². The molecule has 3 N–H and O–H groups in total. The summed E-state index contributed by atoms with van der Waals surface area (Å²) in [6.07, 6.45) is 3.59. The molecule has 0 aliphatic carbocycles. The van der Waals surface area contributed by atoms with Gasteiger partial charge in [-0.2, -0.15) is 0 Å². The van der Waals surface area contributed by atoms with Gasteiger partial charge in [-0.3, -0.25) is 10.3 Å². The van der Waals surface area contributed by atoms with E-state index in [-0.39, 0.29) is 5.09 Å². The van der Waals surface area contributed by atoms with Gasteiger partial charge in [0.15, 0.2) is 0 Å². The Morgan fingerprint density at radius 1 is 1.53 bits per heavy atom. The molecule has 104 valence electrons. The van der Waals surface area contributed by atoms with Crippen molar-refractivity contribution in [3.05, 3.63) is 24.0 Å². The number of hydrogen-bond acceptors (Lipinski definition) is 6. The molecule has 8 heteroatoms. The van der Waals surface area contributed by atoms with Gasteiger partial charge in [-0.1, -0.05) is 0 Å². The van der Waals surface area contributed by atoms with Crippen LogP contribution in [-0.4, -0.2) is 25.0 Å². The Labute approximate surface area is 115 Å². The Morgan fingerprint density at radius 2 is 2.26 bits per heavy atom. The number of hydrogen-bond donors (Lipinski definition) is 2. The van der Waals surface area contributed by atoms with Crippen molar-refractivity contribution in [3.8, 4) is 0 Å². The third-order valence-corrected chi connectivity index (χ3v) is 4.28. The second kappa shape index (κ2) is 5.49. The number of rotatable bonds is 5. The topological polar surface area (TPSA) is 98.2 Å². The van der Waals surface area contributed by atoms with E-state index in [1.165, 1.54) is 6.07 Å². The number of aromatic nitrogens is 1. The van der Waals surface area contributed by atoms with Gasteiger partial charge in [0.25, 0.3) is 10.0 Å². The van der Waals surface area contributed by atoms with Crippen LogP contribution in [0.3, 0.4) is 0 Å². The van der Waals surface area contributed by atoms with Crippen LogP contribution in [-0.2, 0) is 16.6 Å². The molecule has 1 unspecified atom stereocenters. The number of thioether (sulfide) groups is 1. The molecule has 2 aromatic heterocycles. The Bertz CT molecular complexity index is 682. The van der Waals surface area contributed by atoms with Gasteiger partial charge in [-0.15, -0.1) is 11.8 Å². The van der Waals surface area contributed by atoms with Gasteiger partial charge >= 0.3 is 0 Å². The maximum absolute atomic E-state index is 11.2. The first-order valence-electron chi connectivity index (χ1n) is 5.57. The van der Waals surface area contributed by atoms with Crippen LogP contribution >= 0.6 is 11.8 Å². The number of fused-ring (bicyclic) bond motifs is 1. The monoisotopic (exact) mass is 301 g/mol. The summed E-state index contributed by atoms with van der Waals surface area (Å²) in [4.78, 5) is 4.24. The quantitative estimate of drug-likeness (QED) is 0.807. The average molecular weight is 301 g/mol. The van der Waals surface area contributed by atoms with Gasteiger partial charge < -0.3 is 4.42 Å². The van der Waals surface area contributed by atoms with E-state index in [0.29, 0.717) is 22.9 Å². The maximum atomic E-state index is 11.2. The lowest BCUT2D eigenvalue weighted by atomic mass is 10.3. The lowest BCUT2D eigenvalue weighted by Crippen LogP contribution is -2.22. The lowest BCUT2D eigenvalue weighted by Gasteiger charge is -2.09. The number of pyridine rings is 1. The van der Waals surface area contributed by atoms with Crippen LogP contribution in [0.5, 0.6) is 0 Å². The maximum Gasteiger partial charge on any atom is 0.271 e. The molecule has 0 spiro atoms. The fourth-order valence-corrected chi connectivity index (χ4v) is 2.27. The van der Waals surface area contributed by atoms with Crippen molar-refractivity contribution < 1.29 is 12.8 Å². The van der Waals surface area contributed by atoms with E-state index < -0.39 is 10.0 Å². The summed E-state index contributed by atoms with van der Waals surface area (Å²) < 4.78 is 27.6. The molecular formula is C11H15N3O3S2. The predicted octanol–water partition coefficient (Wildman–Crippen LogP) is 1.27. The predicted molar refractivity (Wildman–Crippen MR) is 75.2 cm³/mol. The average Bonchev–Trinajstić information content (AvgIpc) is 2.78. The number of nitrogens with two attached hydrogens (primary N) is 1. The molecule has 0 saturated heterocycles. The zero-order valence-corrected chi connectivity index (χ0v) is 12.2. The molecule has 0 bridgehead atoms. The molecule has 0 aromatic carbocycles. The normalized spacial score (nSPS) is 13.8. The third kappa shape index (κ3) is 3.47. The standard InChI is InChI=1S/C11H15N3O3S2/c1-7(18-2)13-6-9-4-10-8(5-14-9)3-11(17-10)19(12,15)16/h3-5,7,13H,6H2,1-2H3,(H2,12,15,16).